The van der Waals surface area contributed by atoms with Crippen molar-refractivity contribution in [2.45, 2.75) is 25.8 Å². The zero-order valence-corrected chi connectivity index (χ0v) is 15.1. The molecule has 0 bridgehead atoms. The van der Waals surface area contributed by atoms with Gasteiger partial charge in [0.1, 0.15) is 5.82 Å². The first kappa shape index (κ1) is 16.1. The molecule has 0 spiro atoms. The molecule has 2 rings (SSSR count). The molecule has 0 fully saturated rings. The zero-order chi connectivity index (χ0) is 14.5. The third-order valence-electron chi connectivity index (χ3n) is 3.03. The third kappa shape index (κ3) is 4.38. The number of nitrogens with one attached hydrogen (secondary N) is 1. The van der Waals surface area contributed by atoms with Crippen LogP contribution in [0.15, 0.2) is 37.9 Å². The maximum absolute atomic E-state index is 13.3. The van der Waals surface area contributed by atoms with Gasteiger partial charge in [0, 0.05) is 6.04 Å². The fourth-order valence-electron chi connectivity index (χ4n) is 2.10. The van der Waals surface area contributed by atoms with E-state index in [2.05, 4.69) is 50.2 Å². The number of rotatable bonds is 6. The molecule has 20 heavy (non-hydrogen) atoms. The van der Waals surface area contributed by atoms with Crippen molar-refractivity contribution >= 4 is 43.2 Å². The minimum Gasteiger partial charge on any atom is -0.310 e. The van der Waals surface area contributed by atoms with Crippen LogP contribution < -0.4 is 5.32 Å². The lowest BCUT2D eigenvalue weighted by atomic mass is 10.0. The van der Waals surface area contributed by atoms with Gasteiger partial charge in [-0.1, -0.05) is 19.1 Å². The Morgan fingerprint density at radius 3 is 2.70 bits per heavy atom. The van der Waals surface area contributed by atoms with Crippen LogP contribution in [0.5, 0.6) is 0 Å². The van der Waals surface area contributed by atoms with Crippen molar-refractivity contribution in [2.24, 2.45) is 0 Å². The molecule has 1 aromatic carbocycles. The van der Waals surface area contributed by atoms with E-state index in [9.17, 15) is 4.39 Å². The Labute approximate surface area is 139 Å². The van der Waals surface area contributed by atoms with Crippen molar-refractivity contribution < 1.29 is 4.39 Å². The van der Waals surface area contributed by atoms with E-state index in [0.717, 1.165) is 32.5 Å². The van der Waals surface area contributed by atoms with Crippen LogP contribution >= 0.6 is 43.2 Å². The average molecular weight is 421 g/mol. The van der Waals surface area contributed by atoms with Crippen molar-refractivity contribution in [3.05, 3.63) is 54.8 Å². The summed E-state index contributed by atoms with van der Waals surface area (Å²) in [7, 11) is 0. The summed E-state index contributed by atoms with van der Waals surface area (Å²) in [5.41, 5.74) is 2.23. The molecule has 1 aromatic heterocycles. The van der Waals surface area contributed by atoms with E-state index in [1.54, 1.807) is 23.5 Å². The summed E-state index contributed by atoms with van der Waals surface area (Å²) in [4.78, 5) is 0. The van der Waals surface area contributed by atoms with Crippen molar-refractivity contribution in [2.75, 3.05) is 6.54 Å². The Bertz CT molecular complexity index is 571. The van der Waals surface area contributed by atoms with Crippen LogP contribution in [0.2, 0.25) is 0 Å². The van der Waals surface area contributed by atoms with Crippen molar-refractivity contribution in [3.8, 4) is 0 Å². The van der Waals surface area contributed by atoms with E-state index >= 15 is 0 Å². The first-order valence-electron chi connectivity index (χ1n) is 6.52. The predicted molar refractivity (Wildman–Crippen MR) is 90.9 cm³/mol. The fourth-order valence-corrected chi connectivity index (χ4v) is 5.07. The van der Waals surface area contributed by atoms with Crippen molar-refractivity contribution in [1.29, 1.82) is 0 Å². The first-order valence-corrected chi connectivity index (χ1v) is 8.93. The molecular weight excluding hydrogens is 405 g/mol. The van der Waals surface area contributed by atoms with Gasteiger partial charge < -0.3 is 5.32 Å². The minimum absolute atomic E-state index is 0.178. The molecule has 0 aliphatic carbocycles. The van der Waals surface area contributed by atoms with Gasteiger partial charge in [0.25, 0.3) is 0 Å². The zero-order valence-electron chi connectivity index (χ0n) is 11.1. The van der Waals surface area contributed by atoms with Gasteiger partial charge in [0.05, 0.1) is 7.57 Å². The molecule has 1 N–H and O–H groups in total. The highest BCUT2D eigenvalue weighted by Gasteiger charge is 2.17. The molecule has 5 heteroatoms. The van der Waals surface area contributed by atoms with Gasteiger partial charge in [-0.15, -0.1) is 11.3 Å². The maximum atomic E-state index is 13.3. The van der Waals surface area contributed by atoms with Gasteiger partial charge >= 0.3 is 0 Å². The second-order valence-corrected chi connectivity index (χ2v) is 8.37. The summed E-state index contributed by atoms with van der Waals surface area (Å²) in [5.74, 6) is -0.178. The first-order chi connectivity index (χ1) is 9.60. The van der Waals surface area contributed by atoms with E-state index in [1.807, 2.05) is 6.07 Å². The molecule has 2 aromatic rings. The average Bonchev–Trinajstić information content (AvgIpc) is 2.73. The summed E-state index contributed by atoms with van der Waals surface area (Å²) in [5, 5.41) is 3.54. The molecule has 0 saturated carbocycles. The molecule has 0 aliphatic heterocycles. The number of hydrogen-bond donors (Lipinski definition) is 1. The second-order valence-electron chi connectivity index (χ2n) is 4.62. The predicted octanol–water partition coefficient (Wildman–Crippen LogP) is 5.70. The van der Waals surface area contributed by atoms with E-state index in [4.69, 9.17) is 0 Å². The van der Waals surface area contributed by atoms with Crippen LogP contribution in [-0.2, 0) is 6.42 Å². The van der Waals surface area contributed by atoms with Gasteiger partial charge in [-0.05, 0) is 80.6 Å². The van der Waals surface area contributed by atoms with Crippen LogP contribution in [0.25, 0.3) is 0 Å². The lowest BCUT2D eigenvalue weighted by Gasteiger charge is -2.18. The minimum atomic E-state index is -0.178. The number of thiophene rings is 1. The lowest BCUT2D eigenvalue weighted by Crippen LogP contribution is -2.24. The highest BCUT2D eigenvalue weighted by molar-refractivity contribution is 9.12. The molecule has 1 atom stereocenters. The number of halogens is 3. The molecule has 0 saturated heterocycles. The summed E-state index contributed by atoms with van der Waals surface area (Å²) >= 11 is 8.79. The third-order valence-corrected chi connectivity index (χ3v) is 5.41. The Morgan fingerprint density at radius 2 is 2.10 bits per heavy atom. The fraction of sp³-hybridized carbons (Fsp3) is 0.333. The second kappa shape index (κ2) is 7.69. The summed E-state index contributed by atoms with van der Waals surface area (Å²) < 4.78 is 15.5. The highest BCUT2D eigenvalue weighted by atomic mass is 79.9. The lowest BCUT2D eigenvalue weighted by molar-refractivity contribution is 0.527. The molecule has 0 aliphatic rings. The molecule has 108 valence electrons. The Morgan fingerprint density at radius 1 is 1.30 bits per heavy atom. The monoisotopic (exact) mass is 419 g/mol. The quantitative estimate of drug-likeness (QED) is 0.632. The molecule has 1 unspecified atom stereocenters. The van der Waals surface area contributed by atoms with Crippen LogP contribution in [0.4, 0.5) is 4.39 Å². The van der Waals surface area contributed by atoms with E-state index in [0.29, 0.717) is 0 Å². The SMILES string of the molecule is CCCNC(Cc1cccc(F)c1)c1cc(Br)sc1Br. The Kier molecular flexibility index (Phi) is 6.20. The topological polar surface area (TPSA) is 12.0 Å². The molecule has 0 radical (unpaired) electrons. The van der Waals surface area contributed by atoms with Crippen molar-refractivity contribution in [3.63, 3.8) is 0 Å². The summed E-state index contributed by atoms with van der Waals surface area (Å²) in [6.07, 6.45) is 1.85. The molecular formula is C15H16Br2FNS. The van der Waals surface area contributed by atoms with Crippen LogP contribution in [0, 0.1) is 5.82 Å². The van der Waals surface area contributed by atoms with Gasteiger partial charge in [-0.25, -0.2) is 4.39 Å². The molecule has 1 nitrogen and oxygen atoms in total. The normalized spacial score (nSPS) is 12.6. The Hall–Kier alpha value is -0.230. The van der Waals surface area contributed by atoms with Crippen LogP contribution in [0.3, 0.4) is 0 Å². The highest BCUT2D eigenvalue weighted by Crippen LogP contribution is 2.36. The maximum Gasteiger partial charge on any atom is 0.123 e. The smallest absolute Gasteiger partial charge is 0.123 e. The van der Waals surface area contributed by atoms with Gasteiger partial charge in [0.15, 0.2) is 0 Å². The van der Waals surface area contributed by atoms with Crippen LogP contribution in [-0.4, -0.2) is 6.54 Å². The summed E-state index contributed by atoms with van der Waals surface area (Å²) in [6, 6.07) is 9.14. The van der Waals surface area contributed by atoms with Gasteiger partial charge in [0.2, 0.25) is 0 Å². The van der Waals surface area contributed by atoms with Gasteiger partial charge in [-0.3, -0.25) is 0 Å². The standard InChI is InChI=1S/C15H16Br2FNS/c1-2-6-19-13(12-9-14(16)20-15(12)17)8-10-4-3-5-11(18)7-10/h3-5,7,9,13,19H,2,6,8H2,1H3. The van der Waals surface area contributed by atoms with E-state index < -0.39 is 0 Å². The Balaban J connectivity index is 2.21. The molecule has 0 amide bonds. The number of benzene rings is 1. The van der Waals surface area contributed by atoms with E-state index in [-0.39, 0.29) is 11.9 Å². The number of hydrogen-bond acceptors (Lipinski definition) is 2. The van der Waals surface area contributed by atoms with Crippen molar-refractivity contribution in [1.82, 2.24) is 5.32 Å². The van der Waals surface area contributed by atoms with E-state index in [1.165, 1.54) is 11.6 Å². The summed E-state index contributed by atoms with van der Waals surface area (Å²) in [6.45, 7) is 3.09. The van der Waals surface area contributed by atoms with Gasteiger partial charge in [-0.2, -0.15) is 0 Å². The molecule has 1 heterocycles. The van der Waals surface area contributed by atoms with Crippen LogP contribution in [0.1, 0.15) is 30.5 Å². The largest absolute Gasteiger partial charge is 0.310 e.